The number of hydrogen-bond acceptors (Lipinski definition) is 4. The van der Waals surface area contributed by atoms with E-state index >= 15 is 0 Å². The summed E-state index contributed by atoms with van der Waals surface area (Å²) in [6.45, 7) is 0.882. The van der Waals surface area contributed by atoms with Crippen LogP contribution in [0.5, 0.6) is 11.5 Å². The van der Waals surface area contributed by atoms with Gasteiger partial charge in [0.15, 0.2) is 11.5 Å². The zero-order valence-electron chi connectivity index (χ0n) is 13.0. The number of alkyl halides is 1. The van der Waals surface area contributed by atoms with E-state index in [1.54, 1.807) is 13.2 Å². The molecule has 0 aromatic heterocycles. The highest BCUT2D eigenvalue weighted by atomic mass is 127. The predicted octanol–water partition coefficient (Wildman–Crippen LogP) is 3.79. The summed E-state index contributed by atoms with van der Waals surface area (Å²) in [5.41, 5.74) is 1.91. The molecule has 4 nitrogen and oxygen atoms in total. The van der Waals surface area contributed by atoms with Crippen LogP contribution in [0.4, 0.5) is 0 Å². The zero-order chi connectivity index (χ0) is 16.5. The molecule has 0 amide bonds. The van der Waals surface area contributed by atoms with Crippen LogP contribution >= 0.6 is 22.6 Å². The smallest absolute Gasteiger partial charge is 0.310 e. The average molecular weight is 426 g/mol. The van der Waals surface area contributed by atoms with Gasteiger partial charge in [0, 0.05) is 4.43 Å². The van der Waals surface area contributed by atoms with Gasteiger partial charge in [0.1, 0.15) is 13.2 Å². The summed E-state index contributed by atoms with van der Waals surface area (Å²) in [6.07, 6.45) is 0.225. The quantitative estimate of drug-likeness (QED) is 0.366. The molecule has 0 atom stereocenters. The lowest BCUT2D eigenvalue weighted by Gasteiger charge is -2.12. The second kappa shape index (κ2) is 9.39. The molecule has 0 aliphatic rings. The molecular formula is C18H19IO4. The van der Waals surface area contributed by atoms with Crippen LogP contribution in [0.25, 0.3) is 0 Å². The van der Waals surface area contributed by atoms with Gasteiger partial charge in [-0.25, -0.2) is 0 Å². The van der Waals surface area contributed by atoms with Crippen LogP contribution < -0.4 is 9.47 Å². The summed E-state index contributed by atoms with van der Waals surface area (Å²) >= 11 is 2.17. The molecule has 0 spiro atoms. The molecule has 0 radical (unpaired) electrons. The fraction of sp³-hybridized carbons (Fsp3) is 0.278. The molecule has 0 heterocycles. The van der Waals surface area contributed by atoms with E-state index < -0.39 is 0 Å². The van der Waals surface area contributed by atoms with Gasteiger partial charge in [-0.05, 0) is 23.3 Å². The van der Waals surface area contributed by atoms with Crippen LogP contribution in [0.2, 0.25) is 0 Å². The number of methoxy groups -OCH3 is 1. The highest BCUT2D eigenvalue weighted by molar-refractivity contribution is 14.1. The summed E-state index contributed by atoms with van der Waals surface area (Å²) in [5.74, 6) is 1.03. The number of hydrogen-bond donors (Lipinski definition) is 0. The minimum absolute atomic E-state index is 0.225. The molecule has 2 aromatic rings. The molecule has 0 aliphatic carbocycles. The van der Waals surface area contributed by atoms with Gasteiger partial charge in [-0.3, -0.25) is 4.79 Å². The van der Waals surface area contributed by atoms with E-state index in [0.29, 0.717) is 24.7 Å². The fourth-order valence-electron chi connectivity index (χ4n) is 2.05. The summed E-state index contributed by atoms with van der Waals surface area (Å²) in [6, 6.07) is 15.4. The van der Waals surface area contributed by atoms with Gasteiger partial charge in [0.05, 0.1) is 13.5 Å². The van der Waals surface area contributed by atoms with E-state index in [9.17, 15) is 4.79 Å². The van der Waals surface area contributed by atoms with Crippen LogP contribution in [-0.4, -0.2) is 24.1 Å². The number of carbonyl (C=O) groups excluding carboxylic acids is 1. The Hall–Kier alpha value is -1.76. The van der Waals surface area contributed by atoms with Gasteiger partial charge in [0.25, 0.3) is 0 Å². The maximum atomic E-state index is 11.7. The first kappa shape index (κ1) is 17.6. The van der Waals surface area contributed by atoms with E-state index in [-0.39, 0.29) is 12.4 Å². The first-order valence-corrected chi connectivity index (χ1v) is 8.80. The normalized spacial score (nSPS) is 10.2. The van der Waals surface area contributed by atoms with Crippen molar-refractivity contribution in [3.63, 3.8) is 0 Å². The lowest BCUT2D eigenvalue weighted by molar-refractivity contribution is -0.142. The summed E-state index contributed by atoms with van der Waals surface area (Å²) in [7, 11) is 1.60. The van der Waals surface area contributed by atoms with E-state index in [4.69, 9.17) is 14.2 Å². The van der Waals surface area contributed by atoms with Crippen LogP contribution in [0.3, 0.4) is 0 Å². The number of rotatable bonds is 8. The van der Waals surface area contributed by atoms with Crippen molar-refractivity contribution in [2.45, 2.75) is 13.0 Å². The Balaban J connectivity index is 2.04. The number of benzene rings is 2. The summed E-state index contributed by atoms with van der Waals surface area (Å²) in [5, 5.41) is 0. The minimum Gasteiger partial charge on any atom is -0.493 e. The van der Waals surface area contributed by atoms with Gasteiger partial charge < -0.3 is 14.2 Å². The predicted molar refractivity (Wildman–Crippen MR) is 97.3 cm³/mol. The standard InChI is InChI=1S/C18H19IO4/c1-21-16-8-7-15(12-18(20)22-10-9-19)11-17(16)23-13-14-5-3-2-4-6-14/h2-8,11H,9-10,12-13H2,1H3. The van der Waals surface area contributed by atoms with Crippen molar-refractivity contribution in [1.82, 2.24) is 0 Å². The first-order chi connectivity index (χ1) is 11.2. The molecule has 0 fully saturated rings. The van der Waals surface area contributed by atoms with Gasteiger partial charge in [-0.2, -0.15) is 0 Å². The molecule has 0 saturated heterocycles. The van der Waals surface area contributed by atoms with Crippen molar-refractivity contribution in [3.05, 3.63) is 59.7 Å². The summed E-state index contributed by atoms with van der Waals surface area (Å²) in [4.78, 5) is 11.7. The molecule has 2 rings (SSSR count). The van der Waals surface area contributed by atoms with Crippen molar-refractivity contribution in [2.75, 3.05) is 18.1 Å². The van der Waals surface area contributed by atoms with Crippen molar-refractivity contribution in [1.29, 1.82) is 0 Å². The van der Waals surface area contributed by atoms with Crippen LogP contribution in [-0.2, 0) is 22.6 Å². The number of ether oxygens (including phenoxy) is 3. The molecule has 0 unspecified atom stereocenters. The number of esters is 1. The van der Waals surface area contributed by atoms with E-state index in [0.717, 1.165) is 15.6 Å². The number of carbonyl (C=O) groups is 1. The molecule has 122 valence electrons. The largest absolute Gasteiger partial charge is 0.493 e. The topological polar surface area (TPSA) is 44.8 Å². The maximum Gasteiger partial charge on any atom is 0.310 e. The fourth-order valence-corrected chi connectivity index (χ4v) is 2.27. The Morgan fingerprint density at radius 3 is 2.52 bits per heavy atom. The molecule has 0 bridgehead atoms. The van der Waals surface area contributed by atoms with Gasteiger partial charge in [0.2, 0.25) is 0 Å². The molecular weight excluding hydrogens is 407 g/mol. The van der Waals surface area contributed by atoms with E-state index in [1.165, 1.54) is 0 Å². The molecule has 0 aliphatic heterocycles. The minimum atomic E-state index is -0.235. The monoisotopic (exact) mass is 426 g/mol. The van der Waals surface area contributed by atoms with Crippen molar-refractivity contribution in [2.24, 2.45) is 0 Å². The molecule has 0 N–H and O–H groups in total. The second-order valence-corrected chi connectivity index (χ2v) is 5.92. The van der Waals surface area contributed by atoms with Gasteiger partial charge >= 0.3 is 5.97 Å². The first-order valence-electron chi connectivity index (χ1n) is 7.28. The SMILES string of the molecule is COc1ccc(CC(=O)OCCI)cc1OCc1ccccc1. The van der Waals surface area contributed by atoms with Crippen LogP contribution in [0, 0.1) is 0 Å². The van der Waals surface area contributed by atoms with Crippen molar-refractivity contribution in [3.8, 4) is 11.5 Å². The maximum absolute atomic E-state index is 11.7. The lowest BCUT2D eigenvalue weighted by Crippen LogP contribution is -2.09. The highest BCUT2D eigenvalue weighted by Crippen LogP contribution is 2.29. The number of halogens is 1. The Bertz CT molecular complexity index is 628. The Labute approximate surface area is 149 Å². The third-order valence-electron chi connectivity index (χ3n) is 3.15. The Morgan fingerprint density at radius 2 is 1.83 bits per heavy atom. The van der Waals surface area contributed by atoms with Crippen molar-refractivity contribution >= 4 is 28.6 Å². The Morgan fingerprint density at radius 1 is 1.04 bits per heavy atom. The van der Waals surface area contributed by atoms with Crippen LogP contribution in [0.1, 0.15) is 11.1 Å². The molecule has 0 saturated carbocycles. The van der Waals surface area contributed by atoms with Crippen molar-refractivity contribution < 1.29 is 19.0 Å². The van der Waals surface area contributed by atoms with Gasteiger partial charge in [-0.1, -0.05) is 59.0 Å². The van der Waals surface area contributed by atoms with Crippen LogP contribution in [0.15, 0.2) is 48.5 Å². The second-order valence-electron chi connectivity index (χ2n) is 4.85. The summed E-state index contributed by atoms with van der Waals surface area (Å²) < 4.78 is 17.0. The average Bonchev–Trinajstić information content (AvgIpc) is 2.59. The van der Waals surface area contributed by atoms with E-state index in [2.05, 4.69) is 22.6 Å². The van der Waals surface area contributed by atoms with Gasteiger partial charge in [-0.15, -0.1) is 0 Å². The molecule has 5 heteroatoms. The zero-order valence-corrected chi connectivity index (χ0v) is 15.1. The Kier molecular flexibility index (Phi) is 7.19. The highest BCUT2D eigenvalue weighted by Gasteiger charge is 2.10. The molecule has 23 heavy (non-hydrogen) atoms. The third-order valence-corrected chi connectivity index (χ3v) is 3.59. The third kappa shape index (κ3) is 5.74. The molecule has 2 aromatic carbocycles. The lowest BCUT2D eigenvalue weighted by atomic mass is 10.1. The van der Waals surface area contributed by atoms with E-state index in [1.807, 2.05) is 42.5 Å².